The van der Waals surface area contributed by atoms with E-state index in [2.05, 4.69) is 15.0 Å². The molecule has 14 nitrogen and oxygen atoms in total. The van der Waals surface area contributed by atoms with Crippen molar-refractivity contribution in [2.24, 2.45) is 10.9 Å². The van der Waals surface area contributed by atoms with Crippen LogP contribution in [0.5, 0.6) is 5.75 Å². The number of nitrogens with two attached hydrogens (primary N) is 1. The molecule has 0 unspecified atom stereocenters. The average Bonchev–Trinajstić information content (AvgIpc) is 3.77. The lowest BCUT2D eigenvalue weighted by atomic mass is 10.1. The monoisotopic (exact) mass is 755 g/mol. The van der Waals surface area contributed by atoms with Crippen LogP contribution in [0.25, 0.3) is 5.65 Å². The Morgan fingerprint density at radius 1 is 0.980 bits per heavy atom. The molecule has 0 radical (unpaired) electrons. The number of aromatic nitrogens is 2. The van der Waals surface area contributed by atoms with Crippen LogP contribution >= 0.6 is 23.2 Å². The fraction of sp³-hybridized carbons (Fsp3) is 0.324. The number of fused-ring (bicyclic) bond motifs is 1. The lowest BCUT2D eigenvalue weighted by Crippen LogP contribution is -2.55. The molecule has 51 heavy (non-hydrogen) atoms. The summed E-state index contributed by atoms with van der Waals surface area (Å²) in [5.74, 6) is -0.706. The highest BCUT2D eigenvalue weighted by Gasteiger charge is 2.43. The summed E-state index contributed by atoms with van der Waals surface area (Å²) >= 11 is 13.2. The zero-order valence-corrected chi connectivity index (χ0v) is 30.1. The normalized spacial score (nSPS) is 17.2. The number of oxime groups is 1. The van der Waals surface area contributed by atoms with Crippen molar-refractivity contribution >= 4 is 62.5 Å². The van der Waals surface area contributed by atoms with Gasteiger partial charge >= 0.3 is 5.97 Å². The zero-order chi connectivity index (χ0) is 36.4. The number of aryl methyl sites for hydroxylation is 1. The number of nitrogens with zero attached hydrogens (tertiary/aromatic N) is 6. The highest BCUT2D eigenvalue weighted by atomic mass is 35.5. The molecule has 2 aliphatic rings. The van der Waals surface area contributed by atoms with E-state index in [0.29, 0.717) is 40.9 Å². The molecule has 4 heterocycles. The molecule has 2 aromatic heterocycles. The molecule has 0 aliphatic carbocycles. The molecular weight excluding hydrogens is 721 g/mol. The summed E-state index contributed by atoms with van der Waals surface area (Å²) < 4.78 is 37.2. The van der Waals surface area contributed by atoms with Gasteiger partial charge in [-0.05, 0) is 56.2 Å². The number of amides is 2. The number of benzene rings is 2. The van der Waals surface area contributed by atoms with Crippen LogP contribution in [0.15, 0.2) is 71.0 Å². The summed E-state index contributed by atoms with van der Waals surface area (Å²) in [5, 5.41) is 3.70. The molecule has 2 aliphatic heterocycles. The van der Waals surface area contributed by atoms with Crippen LogP contribution in [0.4, 0.5) is 0 Å². The first kappa shape index (κ1) is 36.1. The van der Waals surface area contributed by atoms with Gasteiger partial charge in [-0.15, -0.1) is 0 Å². The van der Waals surface area contributed by atoms with E-state index in [9.17, 15) is 22.8 Å². The molecule has 0 bridgehead atoms. The number of sulfonamides is 1. The van der Waals surface area contributed by atoms with Crippen molar-refractivity contribution in [3.63, 3.8) is 0 Å². The number of hydrogen-bond donors (Lipinski definition) is 1. The van der Waals surface area contributed by atoms with Gasteiger partial charge in [0.05, 0.1) is 10.7 Å². The number of pyridine rings is 1. The van der Waals surface area contributed by atoms with Crippen LogP contribution in [0.2, 0.25) is 10.0 Å². The van der Waals surface area contributed by atoms with Crippen LogP contribution < -0.4 is 10.5 Å². The van der Waals surface area contributed by atoms with Crippen LogP contribution in [0, 0.1) is 6.92 Å². The van der Waals surface area contributed by atoms with Gasteiger partial charge in [-0.2, -0.15) is 4.31 Å². The Labute approximate surface area is 304 Å². The molecule has 0 spiro atoms. The second kappa shape index (κ2) is 14.9. The van der Waals surface area contributed by atoms with Crippen LogP contribution in [0.3, 0.4) is 0 Å². The lowest BCUT2D eigenvalue weighted by molar-refractivity contribution is -0.141. The fourth-order valence-electron chi connectivity index (χ4n) is 6.15. The molecule has 2 amide bonds. The third-order valence-electron chi connectivity index (χ3n) is 8.74. The minimum atomic E-state index is -4.22. The summed E-state index contributed by atoms with van der Waals surface area (Å²) in [6, 6.07) is 11.8. The van der Waals surface area contributed by atoms with Crippen LogP contribution in [-0.4, -0.2) is 94.3 Å². The zero-order valence-electron chi connectivity index (χ0n) is 27.8. The molecule has 1 atom stereocenters. The van der Waals surface area contributed by atoms with Gasteiger partial charge in [-0.1, -0.05) is 40.5 Å². The van der Waals surface area contributed by atoms with E-state index in [0.717, 1.165) is 5.69 Å². The third kappa shape index (κ3) is 7.52. The maximum absolute atomic E-state index is 14.1. The predicted molar refractivity (Wildman–Crippen MR) is 189 cm³/mol. The molecule has 4 aromatic rings. The number of ether oxygens (including phenoxy) is 1. The first-order valence-corrected chi connectivity index (χ1v) is 18.3. The summed E-state index contributed by atoms with van der Waals surface area (Å²) in [6.07, 6.45) is 4.54. The molecular formula is C34H35Cl2N7O7S. The molecule has 2 N–H and O–H groups in total. The SMILES string of the molecule is CC(=O)ON=C(N)c1ccc(C(=O)N2CCN(C(=O)[C@@H]3CCCN3S(=O)(=O)c3ccc(Cl)c(COc4cccn5cc(C)nc45)c3Cl)CC2)cc1. The maximum Gasteiger partial charge on any atom is 0.332 e. The number of carbonyl (C=O) groups is 3. The van der Waals surface area contributed by atoms with Gasteiger partial charge in [0, 0.05) is 73.8 Å². The van der Waals surface area contributed by atoms with E-state index in [-0.39, 0.29) is 71.9 Å². The van der Waals surface area contributed by atoms with Gasteiger partial charge in [-0.25, -0.2) is 18.2 Å². The van der Waals surface area contributed by atoms with Gasteiger partial charge in [-0.3, -0.25) is 9.59 Å². The smallest absolute Gasteiger partial charge is 0.332 e. The van der Waals surface area contributed by atoms with Crippen LogP contribution in [0.1, 0.15) is 46.9 Å². The highest BCUT2D eigenvalue weighted by Crippen LogP contribution is 2.36. The second-order valence-electron chi connectivity index (χ2n) is 12.1. The number of rotatable bonds is 9. The Hall–Kier alpha value is -4.70. The Balaban J connectivity index is 1.11. The van der Waals surface area contributed by atoms with E-state index in [1.165, 1.54) is 23.4 Å². The Kier molecular flexibility index (Phi) is 10.5. The Morgan fingerprint density at radius 2 is 1.67 bits per heavy atom. The molecule has 17 heteroatoms. The van der Waals surface area contributed by atoms with Gasteiger partial charge in [0.1, 0.15) is 17.5 Å². The number of piperazine rings is 1. The van der Waals surface area contributed by atoms with Crippen molar-refractivity contribution in [3.8, 4) is 5.75 Å². The van der Waals surface area contributed by atoms with Crippen molar-refractivity contribution in [2.45, 2.75) is 44.2 Å². The summed E-state index contributed by atoms with van der Waals surface area (Å²) in [7, 11) is -4.22. The van der Waals surface area contributed by atoms with Gasteiger partial charge in [0.2, 0.25) is 15.9 Å². The van der Waals surface area contributed by atoms with E-state index in [1.54, 1.807) is 46.2 Å². The average molecular weight is 757 g/mol. The quantitative estimate of drug-likeness (QED) is 0.115. The molecule has 2 fully saturated rings. The summed E-state index contributed by atoms with van der Waals surface area (Å²) in [6.45, 7) is 4.11. The number of carbonyl (C=O) groups excluding carboxylic acids is 3. The minimum Gasteiger partial charge on any atom is -0.485 e. The molecule has 2 saturated heterocycles. The highest BCUT2D eigenvalue weighted by molar-refractivity contribution is 7.89. The Morgan fingerprint density at radius 3 is 2.37 bits per heavy atom. The van der Waals surface area contributed by atoms with Crippen molar-refractivity contribution < 1.29 is 32.4 Å². The largest absolute Gasteiger partial charge is 0.485 e. The van der Waals surface area contributed by atoms with Crippen molar-refractivity contribution in [1.29, 1.82) is 0 Å². The lowest BCUT2D eigenvalue weighted by Gasteiger charge is -2.37. The van der Waals surface area contributed by atoms with Gasteiger partial charge in [0.25, 0.3) is 5.91 Å². The van der Waals surface area contributed by atoms with Gasteiger partial charge < -0.3 is 29.5 Å². The third-order valence-corrected chi connectivity index (χ3v) is 11.6. The first-order valence-electron chi connectivity index (χ1n) is 16.1. The molecule has 2 aromatic carbocycles. The number of hydrogen-bond acceptors (Lipinski definition) is 9. The summed E-state index contributed by atoms with van der Waals surface area (Å²) in [5.41, 5.74) is 8.40. The second-order valence-corrected chi connectivity index (χ2v) is 14.8. The van der Waals surface area contributed by atoms with Crippen molar-refractivity contribution in [2.75, 3.05) is 32.7 Å². The molecule has 0 saturated carbocycles. The van der Waals surface area contributed by atoms with Crippen LogP contribution in [-0.2, 0) is 31.1 Å². The molecule has 268 valence electrons. The minimum absolute atomic E-state index is 0.0123. The topological polar surface area (TPSA) is 169 Å². The fourth-order valence-corrected chi connectivity index (χ4v) is 8.67. The first-order chi connectivity index (χ1) is 24.3. The van der Waals surface area contributed by atoms with Crippen molar-refractivity contribution in [1.82, 2.24) is 23.5 Å². The van der Waals surface area contributed by atoms with E-state index in [1.807, 2.05) is 23.7 Å². The number of amidine groups is 1. The maximum atomic E-state index is 14.1. The Bertz CT molecular complexity index is 2130. The number of halogens is 2. The van der Waals surface area contributed by atoms with E-state index < -0.39 is 22.0 Å². The summed E-state index contributed by atoms with van der Waals surface area (Å²) in [4.78, 5) is 50.1. The van der Waals surface area contributed by atoms with Gasteiger partial charge in [0.15, 0.2) is 17.2 Å². The van der Waals surface area contributed by atoms with E-state index in [4.69, 9.17) is 33.7 Å². The number of imidazole rings is 1. The van der Waals surface area contributed by atoms with E-state index >= 15 is 0 Å². The van der Waals surface area contributed by atoms with Crippen molar-refractivity contribution in [3.05, 3.63) is 93.4 Å². The molecule has 6 rings (SSSR count). The standard InChI is InChI=1S/C34H35Cl2N7O7S/c1-21-19-42-13-4-6-28(32(42)38-21)49-20-25-26(35)11-12-29(30(25)36)51(47,48)43-14-3-5-27(43)34(46)41-17-15-40(16-18-41)33(45)24-9-7-23(8-10-24)31(37)39-50-22(2)44/h4,6-13,19,27H,3,5,14-18,20H2,1-2H3,(H2,37,39)/t27-/m0/s1. The predicted octanol–water partition coefficient (Wildman–Crippen LogP) is 3.85.